The van der Waals surface area contributed by atoms with E-state index in [4.69, 9.17) is 21.4 Å². The van der Waals surface area contributed by atoms with Crippen molar-refractivity contribution < 1.29 is 22.7 Å². The van der Waals surface area contributed by atoms with E-state index < -0.39 is 27.3 Å². The van der Waals surface area contributed by atoms with Gasteiger partial charge in [-0.25, -0.2) is 17.1 Å². The SMILES string of the molecule is COCCCN(C)S(=O)(=O)c1cc(Cl)cc(CO)c1F. The first-order valence-corrected chi connectivity index (χ1v) is 7.70. The van der Waals surface area contributed by atoms with Crippen LogP contribution in [0.15, 0.2) is 17.0 Å². The lowest BCUT2D eigenvalue weighted by Gasteiger charge is -2.18. The summed E-state index contributed by atoms with van der Waals surface area (Å²) in [6, 6.07) is 2.24. The number of hydrogen-bond acceptors (Lipinski definition) is 4. The highest BCUT2D eigenvalue weighted by Crippen LogP contribution is 2.26. The third-order valence-electron chi connectivity index (χ3n) is 2.76. The molecule has 8 heteroatoms. The van der Waals surface area contributed by atoms with E-state index in [0.717, 1.165) is 10.4 Å². The Morgan fingerprint density at radius 2 is 2.10 bits per heavy atom. The second-order valence-electron chi connectivity index (χ2n) is 4.21. The molecule has 0 radical (unpaired) electrons. The molecule has 0 aliphatic rings. The normalized spacial score (nSPS) is 12.1. The summed E-state index contributed by atoms with van der Waals surface area (Å²) in [6.07, 6.45) is 0.487. The van der Waals surface area contributed by atoms with Crippen LogP contribution >= 0.6 is 11.6 Å². The van der Waals surface area contributed by atoms with Gasteiger partial charge in [0.2, 0.25) is 10.0 Å². The highest BCUT2D eigenvalue weighted by atomic mass is 35.5. The molecule has 0 heterocycles. The van der Waals surface area contributed by atoms with E-state index in [-0.39, 0.29) is 17.1 Å². The predicted molar refractivity (Wildman–Crippen MR) is 73.6 cm³/mol. The zero-order chi connectivity index (χ0) is 15.3. The van der Waals surface area contributed by atoms with Gasteiger partial charge in [0.25, 0.3) is 0 Å². The fourth-order valence-corrected chi connectivity index (χ4v) is 3.28. The molecule has 1 N–H and O–H groups in total. The summed E-state index contributed by atoms with van der Waals surface area (Å²) in [7, 11) is -1.13. The lowest BCUT2D eigenvalue weighted by molar-refractivity contribution is 0.189. The molecule has 1 aromatic carbocycles. The van der Waals surface area contributed by atoms with E-state index in [1.54, 1.807) is 0 Å². The number of benzene rings is 1. The highest BCUT2D eigenvalue weighted by molar-refractivity contribution is 7.89. The molecular weight excluding hydrogens is 309 g/mol. The van der Waals surface area contributed by atoms with Crippen LogP contribution in [-0.2, 0) is 21.4 Å². The van der Waals surface area contributed by atoms with Crippen LogP contribution in [-0.4, -0.2) is 45.1 Å². The largest absolute Gasteiger partial charge is 0.392 e. The summed E-state index contributed by atoms with van der Waals surface area (Å²) in [4.78, 5) is -0.533. The van der Waals surface area contributed by atoms with Gasteiger partial charge in [-0.15, -0.1) is 0 Å². The molecule has 0 unspecified atom stereocenters. The van der Waals surface area contributed by atoms with Gasteiger partial charge >= 0.3 is 0 Å². The molecule has 0 aliphatic carbocycles. The van der Waals surface area contributed by atoms with Crippen molar-refractivity contribution in [3.8, 4) is 0 Å². The maximum Gasteiger partial charge on any atom is 0.245 e. The van der Waals surface area contributed by atoms with Crippen LogP contribution in [0.5, 0.6) is 0 Å². The van der Waals surface area contributed by atoms with Gasteiger partial charge in [-0.1, -0.05) is 11.6 Å². The van der Waals surface area contributed by atoms with Crippen LogP contribution in [0.25, 0.3) is 0 Å². The minimum Gasteiger partial charge on any atom is -0.392 e. The number of rotatable bonds is 7. The maximum absolute atomic E-state index is 14.0. The standard InChI is InChI=1S/C12H17ClFNO4S/c1-15(4-3-5-19-2)20(17,18)11-7-10(13)6-9(8-16)12(11)14/h6-7,16H,3-5,8H2,1-2H3. The summed E-state index contributed by atoms with van der Waals surface area (Å²) >= 11 is 5.76. The fraction of sp³-hybridized carbons (Fsp3) is 0.500. The molecule has 0 bridgehead atoms. The van der Waals surface area contributed by atoms with Crippen LogP contribution in [0, 0.1) is 5.82 Å². The molecule has 0 amide bonds. The Balaban J connectivity index is 3.12. The molecule has 1 rings (SSSR count). The monoisotopic (exact) mass is 325 g/mol. The first kappa shape index (κ1) is 17.3. The minimum absolute atomic E-state index is 0.0549. The number of sulfonamides is 1. The van der Waals surface area contributed by atoms with Gasteiger partial charge in [-0.3, -0.25) is 0 Å². The molecule has 5 nitrogen and oxygen atoms in total. The third kappa shape index (κ3) is 3.89. The van der Waals surface area contributed by atoms with Gasteiger partial charge in [0.05, 0.1) is 6.61 Å². The number of nitrogens with zero attached hydrogens (tertiary/aromatic N) is 1. The minimum atomic E-state index is -4.00. The van der Waals surface area contributed by atoms with Crippen molar-refractivity contribution in [3.63, 3.8) is 0 Å². The molecule has 0 saturated heterocycles. The molecule has 0 spiro atoms. The lowest BCUT2D eigenvalue weighted by atomic mass is 10.2. The first-order chi connectivity index (χ1) is 9.34. The Morgan fingerprint density at radius 3 is 2.65 bits per heavy atom. The van der Waals surface area contributed by atoms with E-state index >= 15 is 0 Å². The quantitative estimate of drug-likeness (QED) is 0.774. The first-order valence-electron chi connectivity index (χ1n) is 5.88. The second kappa shape index (κ2) is 7.33. The van der Waals surface area contributed by atoms with Gasteiger partial charge in [0.15, 0.2) is 0 Å². The Hall–Kier alpha value is -0.730. The molecule has 1 aromatic rings. The Kier molecular flexibility index (Phi) is 6.35. The predicted octanol–water partition coefficient (Wildman–Crippen LogP) is 1.63. The zero-order valence-electron chi connectivity index (χ0n) is 11.3. The van der Waals surface area contributed by atoms with Crippen molar-refractivity contribution in [2.45, 2.75) is 17.9 Å². The van der Waals surface area contributed by atoms with Crippen molar-refractivity contribution >= 4 is 21.6 Å². The number of halogens is 2. The van der Waals surface area contributed by atoms with E-state index in [1.165, 1.54) is 20.2 Å². The summed E-state index contributed by atoms with van der Waals surface area (Å²) in [6.45, 7) is -0.0291. The van der Waals surface area contributed by atoms with Crippen LogP contribution in [0.1, 0.15) is 12.0 Å². The molecule has 0 fully saturated rings. The van der Waals surface area contributed by atoms with Gasteiger partial charge in [-0.05, 0) is 18.6 Å². The Bertz CT molecular complexity index is 565. The fourth-order valence-electron chi connectivity index (χ4n) is 1.64. The summed E-state index contributed by atoms with van der Waals surface area (Å²) in [5.74, 6) is -0.976. The molecule has 20 heavy (non-hydrogen) atoms. The van der Waals surface area contributed by atoms with E-state index in [9.17, 15) is 12.8 Å². The highest BCUT2D eigenvalue weighted by Gasteiger charge is 2.26. The summed E-state index contributed by atoms with van der Waals surface area (Å²) in [5, 5.41) is 9.08. The van der Waals surface area contributed by atoms with Crippen LogP contribution in [0.2, 0.25) is 5.02 Å². The molecule has 0 aromatic heterocycles. The molecule has 114 valence electrons. The molecule has 0 saturated carbocycles. The lowest BCUT2D eigenvalue weighted by Crippen LogP contribution is -2.29. The number of aliphatic hydroxyl groups excluding tert-OH is 1. The molecular formula is C12H17ClFNO4S. The van der Waals surface area contributed by atoms with Gasteiger partial charge in [-0.2, -0.15) is 0 Å². The van der Waals surface area contributed by atoms with Crippen LogP contribution < -0.4 is 0 Å². The average Bonchev–Trinajstić information content (AvgIpc) is 2.40. The number of ether oxygens (including phenoxy) is 1. The van der Waals surface area contributed by atoms with Gasteiger partial charge in [0.1, 0.15) is 10.7 Å². The number of aliphatic hydroxyl groups is 1. The van der Waals surface area contributed by atoms with E-state index in [0.29, 0.717) is 13.0 Å². The summed E-state index contributed by atoms with van der Waals surface area (Å²) < 4.78 is 44.5. The van der Waals surface area contributed by atoms with E-state index in [2.05, 4.69) is 0 Å². The van der Waals surface area contributed by atoms with Crippen molar-refractivity contribution in [3.05, 3.63) is 28.5 Å². The van der Waals surface area contributed by atoms with Crippen LogP contribution in [0.3, 0.4) is 0 Å². The average molecular weight is 326 g/mol. The number of methoxy groups -OCH3 is 1. The van der Waals surface area contributed by atoms with Gasteiger partial charge in [0, 0.05) is 37.9 Å². The summed E-state index contributed by atoms with van der Waals surface area (Å²) in [5.41, 5.74) is -0.152. The smallest absolute Gasteiger partial charge is 0.245 e. The topological polar surface area (TPSA) is 66.8 Å². The molecule has 0 aliphatic heterocycles. The maximum atomic E-state index is 14.0. The van der Waals surface area contributed by atoms with Crippen molar-refractivity contribution in [1.29, 1.82) is 0 Å². The molecule has 0 atom stereocenters. The third-order valence-corrected chi connectivity index (χ3v) is 4.83. The van der Waals surface area contributed by atoms with Crippen LogP contribution in [0.4, 0.5) is 4.39 Å². The van der Waals surface area contributed by atoms with Crippen molar-refractivity contribution in [2.75, 3.05) is 27.3 Å². The number of hydrogen-bond donors (Lipinski definition) is 1. The van der Waals surface area contributed by atoms with Crippen molar-refractivity contribution in [2.24, 2.45) is 0 Å². The second-order valence-corrected chi connectivity index (χ2v) is 6.66. The Morgan fingerprint density at radius 1 is 1.45 bits per heavy atom. The van der Waals surface area contributed by atoms with Crippen molar-refractivity contribution in [1.82, 2.24) is 4.31 Å². The Labute approximate surface area is 123 Å². The zero-order valence-corrected chi connectivity index (χ0v) is 12.8. The van der Waals surface area contributed by atoms with E-state index in [1.807, 2.05) is 0 Å². The van der Waals surface area contributed by atoms with Gasteiger partial charge < -0.3 is 9.84 Å².